The molecule has 0 amide bonds. The number of methoxy groups -OCH3 is 1. The minimum absolute atomic E-state index is 0.105. The number of aliphatic hydroxyl groups is 1. The Morgan fingerprint density at radius 3 is 2.55 bits per heavy atom. The van der Waals surface area contributed by atoms with Gasteiger partial charge in [0, 0.05) is 32.7 Å². The third kappa shape index (κ3) is 3.13. The van der Waals surface area contributed by atoms with Crippen molar-refractivity contribution >= 4 is 11.4 Å². The molecule has 1 atom stereocenters. The Hall–Kier alpha value is -1.53. The number of hydrogen-bond donors (Lipinski definition) is 2. The molecule has 5 nitrogen and oxygen atoms in total. The van der Waals surface area contributed by atoms with Crippen LogP contribution in [0, 0.1) is 5.82 Å². The summed E-state index contributed by atoms with van der Waals surface area (Å²) in [5.74, 6) is -0.301. The molecule has 6 heteroatoms. The fourth-order valence-corrected chi connectivity index (χ4v) is 2.56. The van der Waals surface area contributed by atoms with Crippen LogP contribution >= 0.6 is 0 Å². The van der Waals surface area contributed by atoms with Crippen LogP contribution < -0.4 is 15.4 Å². The number of aliphatic hydroxyl groups excluding tert-OH is 1. The minimum Gasteiger partial charge on any atom is -0.492 e. The molecule has 3 N–H and O–H groups in total. The number of benzene rings is 1. The summed E-state index contributed by atoms with van der Waals surface area (Å²) in [6, 6.07) is 3.36. The molecule has 0 unspecified atom stereocenters. The molecular weight excluding hydrogens is 261 g/mol. The average Bonchev–Trinajstić information content (AvgIpc) is 2.40. The van der Waals surface area contributed by atoms with Crippen LogP contribution in [0.3, 0.4) is 0 Å². The molecule has 1 heterocycles. The highest BCUT2D eigenvalue weighted by molar-refractivity contribution is 5.63. The first-order valence-electron chi connectivity index (χ1n) is 6.80. The summed E-state index contributed by atoms with van der Waals surface area (Å²) in [6.07, 6.45) is -0.338. The van der Waals surface area contributed by atoms with Crippen molar-refractivity contribution in [1.82, 2.24) is 4.90 Å². The van der Waals surface area contributed by atoms with Gasteiger partial charge in [-0.25, -0.2) is 4.39 Å². The van der Waals surface area contributed by atoms with E-state index in [1.807, 2.05) is 4.90 Å². The predicted octanol–water partition coefficient (Wildman–Crippen LogP) is 0.919. The molecule has 1 aliphatic rings. The Kier molecular flexibility index (Phi) is 4.67. The topological polar surface area (TPSA) is 62.0 Å². The number of anilines is 2. The van der Waals surface area contributed by atoms with Crippen molar-refractivity contribution in [3.05, 3.63) is 17.9 Å². The Bertz CT molecular complexity index is 460. The van der Waals surface area contributed by atoms with Crippen molar-refractivity contribution in [2.75, 3.05) is 50.5 Å². The number of piperazine rings is 1. The second-order valence-electron chi connectivity index (χ2n) is 5.16. The van der Waals surface area contributed by atoms with Crippen LogP contribution in [0.15, 0.2) is 12.1 Å². The SMILES string of the molecule is COc1c(N)ccc(N2CCN(C[C@H](C)O)CC2)c1F. The van der Waals surface area contributed by atoms with Crippen LogP contribution in [0.5, 0.6) is 5.75 Å². The summed E-state index contributed by atoms with van der Waals surface area (Å²) in [6.45, 7) is 5.47. The van der Waals surface area contributed by atoms with Gasteiger partial charge in [0.2, 0.25) is 0 Å². The summed E-state index contributed by atoms with van der Waals surface area (Å²) < 4.78 is 19.3. The van der Waals surface area contributed by atoms with Crippen molar-refractivity contribution in [2.45, 2.75) is 13.0 Å². The molecule has 1 aromatic carbocycles. The van der Waals surface area contributed by atoms with Gasteiger partial charge in [0.15, 0.2) is 11.6 Å². The number of hydrogen-bond acceptors (Lipinski definition) is 5. The Labute approximate surface area is 118 Å². The van der Waals surface area contributed by atoms with Crippen LogP contribution in [0.25, 0.3) is 0 Å². The largest absolute Gasteiger partial charge is 0.492 e. The summed E-state index contributed by atoms with van der Waals surface area (Å²) in [4.78, 5) is 4.16. The number of nitrogen functional groups attached to an aromatic ring is 1. The Morgan fingerprint density at radius 1 is 1.35 bits per heavy atom. The molecule has 0 aromatic heterocycles. The maximum Gasteiger partial charge on any atom is 0.190 e. The standard InChI is InChI=1S/C14H22FN3O2/c1-10(19)9-17-5-7-18(8-6-17)12-4-3-11(16)14(20-2)13(12)15/h3-4,10,19H,5-9,16H2,1-2H3/t10-/m0/s1. The van der Waals surface area contributed by atoms with Crippen LogP contribution in [0.4, 0.5) is 15.8 Å². The average molecular weight is 283 g/mol. The maximum atomic E-state index is 14.3. The highest BCUT2D eigenvalue weighted by atomic mass is 19.1. The Balaban J connectivity index is 2.07. The molecule has 1 saturated heterocycles. The summed E-state index contributed by atoms with van der Waals surface area (Å²) in [5, 5.41) is 9.38. The van der Waals surface area contributed by atoms with E-state index in [-0.39, 0.29) is 11.9 Å². The second-order valence-corrected chi connectivity index (χ2v) is 5.16. The summed E-state index contributed by atoms with van der Waals surface area (Å²) >= 11 is 0. The van der Waals surface area contributed by atoms with Gasteiger partial charge in [0.25, 0.3) is 0 Å². The summed E-state index contributed by atoms with van der Waals surface area (Å²) in [5.41, 5.74) is 6.52. The third-order valence-corrected chi connectivity index (χ3v) is 3.55. The highest BCUT2D eigenvalue weighted by Gasteiger charge is 2.22. The lowest BCUT2D eigenvalue weighted by atomic mass is 10.2. The molecule has 0 bridgehead atoms. The van der Waals surface area contributed by atoms with Gasteiger partial charge in [-0.2, -0.15) is 0 Å². The fourth-order valence-electron chi connectivity index (χ4n) is 2.56. The molecule has 2 rings (SSSR count). The fraction of sp³-hybridized carbons (Fsp3) is 0.571. The van der Waals surface area contributed by atoms with Gasteiger partial charge in [-0.3, -0.25) is 4.90 Å². The van der Waals surface area contributed by atoms with Crippen molar-refractivity contribution in [2.24, 2.45) is 0 Å². The molecule has 112 valence electrons. The molecule has 0 aliphatic carbocycles. The van der Waals surface area contributed by atoms with Crippen LogP contribution in [0.2, 0.25) is 0 Å². The maximum absolute atomic E-state index is 14.3. The van der Waals surface area contributed by atoms with Crippen molar-refractivity contribution in [3.63, 3.8) is 0 Å². The van der Waals surface area contributed by atoms with Crippen molar-refractivity contribution < 1.29 is 14.2 Å². The number of nitrogens with two attached hydrogens (primary N) is 1. The molecule has 1 aliphatic heterocycles. The quantitative estimate of drug-likeness (QED) is 0.805. The zero-order valence-corrected chi connectivity index (χ0v) is 12.0. The first-order valence-corrected chi connectivity index (χ1v) is 6.80. The van der Waals surface area contributed by atoms with Gasteiger partial charge >= 0.3 is 0 Å². The van der Waals surface area contributed by atoms with Crippen molar-refractivity contribution in [3.8, 4) is 5.75 Å². The smallest absolute Gasteiger partial charge is 0.190 e. The predicted molar refractivity (Wildman–Crippen MR) is 77.7 cm³/mol. The number of β-amino-alcohol motifs (C(OH)–C–C–N with tert-alkyl or cyclic N) is 1. The number of ether oxygens (including phenoxy) is 1. The first-order chi connectivity index (χ1) is 9.52. The molecule has 0 spiro atoms. The van der Waals surface area contributed by atoms with Gasteiger partial charge in [-0.1, -0.05) is 0 Å². The van der Waals surface area contributed by atoms with Crippen LogP contribution in [0.1, 0.15) is 6.92 Å². The number of rotatable bonds is 4. The normalized spacial score (nSPS) is 18.1. The number of halogens is 1. The van der Waals surface area contributed by atoms with E-state index in [2.05, 4.69) is 4.90 Å². The first kappa shape index (κ1) is 14.9. The molecule has 20 heavy (non-hydrogen) atoms. The van der Waals surface area contributed by atoms with E-state index < -0.39 is 5.82 Å². The van der Waals surface area contributed by atoms with Gasteiger partial charge in [-0.05, 0) is 19.1 Å². The zero-order chi connectivity index (χ0) is 14.7. The van der Waals surface area contributed by atoms with Gasteiger partial charge in [0.1, 0.15) is 0 Å². The van der Waals surface area contributed by atoms with E-state index >= 15 is 0 Å². The van der Waals surface area contributed by atoms with E-state index in [9.17, 15) is 9.50 Å². The van der Waals surface area contributed by atoms with E-state index in [0.717, 1.165) is 26.2 Å². The molecule has 1 aromatic rings. The van der Waals surface area contributed by atoms with E-state index in [1.165, 1.54) is 7.11 Å². The molecule has 0 radical (unpaired) electrons. The summed E-state index contributed by atoms with van der Waals surface area (Å²) in [7, 11) is 1.42. The lowest BCUT2D eigenvalue weighted by Gasteiger charge is -2.36. The second kappa shape index (κ2) is 6.28. The zero-order valence-electron chi connectivity index (χ0n) is 12.0. The van der Waals surface area contributed by atoms with Crippen LogP contribution in [-0.2, 0) is 0 Å². The highest BCUT2D eigenvalue weighted by Crippen LogP contribution is 2.33. The minimum atomic E-state index is -0.406. The van der Waals surface area contributed by atoms with E-state index in [0.29, 0.717) is 17.9 Å². The lowest BCUT2D eigenvalue weighted by molar-refractivity contribution is 0.122. The van der Waals surface area contributed by atoms with Crippen LogP contribution in [-0.4, -0.2) is 55.9 Å². The number of nitrogens with zero attached hydrogens (tertiary/aromatic N) is 2. The Morgan fingerprint density at radius 2 is 2.00 bits per heavy atom. The monoisotopic (exact) mass is 283 g/mol. The molecular formula is C14H22FN3O2. The third-order valence-electron chi connectivity index (χ3n) is 3.55. The van der Waals surface area contributed by atoms with Crippen molar-refractivity contribution in [1.29, 1.82) is 0 Å². The van der Waals surface area contributed by atoms with Gasteiger partial charge < -0.3 is 20.5 Å². The van der Waals surface area contributed by atoms with E-state index in [1.54, 1.807) is 19.1 Å². The molecule has 0 saturated carbocycles. The molecule has 1 fully saturated rings. The van der Waals surface area contributed by atoms with E-state index in [4.69, 9.17) is 10.5 Å². The lowest BCUT2D eigenvalue weighted by Crippen LogP contribution is -2.48. The van der Waals surface area contributed by atoms with Gasteiger partial charge in [-0.15, -0.1) is 0 Å². The van der Waals surface area contributed by atoms with Gasteiger partial charge in [0.05, 0.1) is 24.6 Å².